The summed E-state index contributed by atoms with van der Waals surface area (Å²) >= 11 is 0. The van der Waals surface area contributed by atoms with Crippen LogP contribution in [0.4, 0.5) is 11.9 Å². The number of benzene rings is 1. The van der Waals surface area contributed by atoms with Crippen LogP contribution < -0.4 is 9.80 Å². The van der Waals surface area contributed by atoms with E-state index in [2.05, 4.69) is 66.5 Å². The topological polar surface area (TPSA) is 80.3 Å². The van der Waals surface area contributed by atoms with E-state index in [-0.39, 0.29) is 5.92 Å². The lowest BCUT2D eigenvalue weighted by Gasteiger charge is -2.35. The van der Waals surface area contributed by atoms with Gasteiger partial charge in [-0.1, -0.05) is 37.3 Å². The summed E-state index contributed by atoms with van der Waals surface area (Å²) in [5, 5.41) is 4.33. The zero-order chi connectivity index (χ0) is 23.8. The summed E-state index contributed by atoms with van der Waals surface area (Å²) in [7, 11) is 1.92. The minimum atomic E-state index is 0.262. The second-order valence-electron chi connectivity index (χ2n) is 8.91. The maximum atomic E-state index is 4.70. The molecule has 176 valence electrons. The van der Waals surface area contributed by atoms with Gasteiger partial charge in [0.25, 0.3) is 0 Å². The molecule has 1 saturated heterocycles. The van der Waals surface area contributed by atoms with Crippen molar-refractivity contribution in [2.45, 2.75) is 12.8 Å². The van der Waals surface area contributed by atoms with Crippen molar-refractivity contribution < 1.29 is 0 Å². The molecule has 1 atom stereocenters. The van der Waals surface area contributed by atoms with Crippen LogP contribution in [0.1, 0.15) is 24.0 Å². The predicted octanol–water partition coefficient (Wildman–Crippen LogP) is 3.40. The molecule has 9 nitrogen and oxygen atoms in total. The summed E-state index contributed by atoms with van der Waals surface area (Å²) in [5.41, 5.74) is 5.35. The van der Waals surface area contributed by atoms with E-state index in [1.165, 1.54) is 5.56 Å². The first-order chi connectivity index (χ1) is 17.2. The molecule has 6 rings (SSSR count). The van der Waals surface area contributed by atoms with Crippen LogP contribution in [-0.4, -0.2) is 60.3 Å². The van der Waals surface area contributed by atoms with Crippen LogP contribution in [0.15, 0.2) is 73.6 Å². The predicted molar refractivity (Wildman–Crippen MR) is 136 cm³/mol. The van der Waals surface area contributed by atoms with Gasteiger partial charge >= 0.3 is 0 Å². The average Bonchev–Trinajstić information content (AvgIpc) is 3.55. The first kappa shape index (κ1) is 21.3. The Morgan fingerprint density at radius 2 is 1.51 bits per heavy atom. The summed E-state index contributed by atoms with van der Waals surface area (Å²) in [4.78, 5) is 23.1. The minimum Gasteiger partial charge on any atom is -0.338 e. The van der Waals surface area contributed by atoms with Crippen LogP contribution in [0.3, 0.4) is 0 Å². The lowest BCUT2D eigenvalue weighted by molar-refractivity contribution is 0.623. The van der Waals surface area contributed by atoms with Gasteiger partial charge < -0.3 is 9.80 Å². The molecule has 0 N–H and O–H groups in total. The molecule has 0 aliphatic carbocycles. The van der Waals surface area contributed by atoms with E-state index in [9.17, 15) is 0 Å². The van der Waals surface area contributed by atoms with Crippen molar-refractivity contribution in [2.75, 3.05) is 36.0 Å². The fraction of sp³-hybridized carbons (Fsp3) is 0.269. The van der Waals surface area contributed by atoms with Gasteiger partial charge in [0.1, 0.15) is 12.0 Å². The molecule has 0 radical (unpaired) electrons. The number of fused-ring (bicyclic) bond motifs is 1. The molecule has 0 saturated carbocycles. The average molecular weight is 466 g/mol. The molecule has 1 aliphatic heterocycles. The Morgan fingerprint density at radius 1 is 0.771 bits per heavy atom. The Morgan fingerprint density at radius 3 is 2.23 bits per heavy atom. The molecule has 9 heteroatoms. The number of anilines is 2. The van der Waals surface area contributed by atoms with E-state index in [0.717, 1.165) is 60.5 Å². The maximum absolute atomic E-state index is 4.70. The highest BCUT2D eigenvalue weighted by atomic mass is 15.4. The third-order valence-corrected chi connectivity index (χ3v) is 6.73. The van der Waals surface area contributed by atoms with E-state index in [1.807, 2.05) is 48.6 Å². The van der Waals surface area contributed by atoms with Crippen molar-refractivity contribution in [2.24, 2.45) is 7.05 Å². The second kappa shape index (κ2) is 8.83. The number of piperazine rings is 1. The highest BCUT2D eigenvalue weighted by Gasteiger charge is 2.23. The highest BCUT2D eigenvalue weighted by molar-refractivity contribution is 5.67. The Labute approximate surface area is 203 Å². The molecule has 1 aliphatic rings. The zero-order valence-corrected chi connectivity index (χ0v) is 19.9. The van der Waals surface area contributed by atoms with Crippen LogP contribution in [-0.2, 0) is 7.05 Å². The van der Waals surface area contributed by atoms with E-state index < -0.39 is 0 Å². The maximum Gasteiger partial charge on any atom is 0.225 e. The molecule has 5 heterocycles. The highest BCUT2D eigenvalue weighted by Crippen LogP contribution is 2.27. The quantitative estimate of drug-likeness (QED) is 0.394. The SMILES string of the molecule is C[C@@H](c1ccccc1)c1cnc(N2CCN(c3ncnc4ccc(-c5cnn(C)c5)n34)CC2)nc1. The van der Waals surface area contributed by atoms with Crippen LogP contribution in [0.5, 0.6) is 0 Å². The van der Waals surface area contributed by atoms with Crippen molar-refractivity contribution >= 4 is 17.5 Å². The largest absolute Gasteiger partial charge is 0.338 e. The van der Waals surface area contributed by atoms with Crippen LogP contribution in [0.2, 0.25) is 0 Å². The second-order valence-corrected chi connectivity index (χ2v) is 8.91. The first-order valence-electron chi connectivity index (χ1n) is 11.9. The number of aryl methyl sites for hydroxylation is 1. The molecule has 1 fully saturated rings. The zero-order valence-electron chi connectivity index (χ0n) is 19.9. The molecule has 35 heavy (non-hydrogen) atoms. The Hall–Kier alpha value is -4.27. The summed E-state index contributed by atoms with van der Waals surface area (Å²) in [5.74, 6) is 1.93. The number of nitrogens with zero attached hydrogens (tertiary/aromatic N) is 9. The standard InChI is InChI=1S/C26H27N9/c1-19(20-6-4-3-5-7-20)21-14-27-25(28-15-21)33-10-12-34(13-11-33)26-30-18-29-24-9-8-23(35(24)26)22-16-31-32(2)17-22/h3-9,14-19H,10-13H2,1-2H3/t19-/m0/s1. The number of hydrogen-bond donors (Lipinski definition) is 0. The van der Waals surface area contributed by atoms with E-state index in [0.29, 0.717) is 0 Å². The molecule has 0 bridgehead atoms. The summed E-state index contributed by atoms with van der Waals surface area (Å²) in [6.07, 6.45) is 9.44. The van der Waals surface area contributed by atoms with Gasteiger partial charge in [0.15, 0.2) is 0 Å². The third kappa shape index (κ3) is 3.99. The molecule has 0 unspecified atom stereocenters. The van der Waals surface area contributed by atoms with Gasteiger partial charge in [-0.05, 0) is 23.3 Å². The lowest BCUT2D eigenvalue weighted by atomic mass is 9.96. The van der Waals surface area contributed by atoms with Crippen molar-refractivity contribution in [3.8, 4) is 11.3 Å². The Bertz CT molecular complexity index is 1430. The number of rotatable bonds is 5. The van der Waals surface area contributed by atoms with Crippen LogP contribution >= 0.6 is 0 Å². The monoisotopic (exact) mass is 465 g/mol. The van der Waals surface area contributed by atoms with E-state index in [1.54, 1.807) is 6.33 Å². The Kier molecular flexibility index (Phi) is 5.36. The van der Waals surface area contributed by atoms with Gasteiger partial charge in [0, 0.05) is 63.3 Å². The number of hydrogen-bond acceptors (Lipinski definition) is 7. The van der Waals surface area contributed by atoms with E-state index >= 15 is 0 Å². The Balaban J connectivity index is 1.19. The van der Waals surface area contributed by atoms with Gasteiger partial charge in [-0.3, -0.25) is 9.08 Å². The van der Waals surface area contributed by atoms with Crippen molar-refractivity contribution in [1.82, 2.24) is 34.1 Å². The van der Waals surface area contributed by atoms with Crippen LogP contribution in [0.25, 0.3) is 16.9 Å². The lowest BCUT2D eigenvalue weighted by Crippen LogP contribution is -2.48. The fourth-order valence-electron chi connectivity index (χ4n) is 4.69. The van der Waals surface area contributed by atoms with Crippen molar-refractivity contribution in [3.63, 3.8) is 0 Å². The fourth-order valence-corrected chi connectivity index (χ4v) is 4.69. The molecule has 0 amide bonds. The van der Waals surface area contributed by atoms with Gasteiger partial charge in [-0.25, -0.2) is 19.9 Å². The molecule has 0 spiro atoms. The summed E-state index contributed by atoms with van der Waals surface area (Å²) in [6.45, 7) is 5.48. The summed E-state index contributed by atoms with van der Waals surface area (Å²) < 4.78 is 3.92. The molecule has 1 aromatic carbocycles. The van der Waals surface area contributed by atoms with Gasteiger partial charge in [-0.2, -0.15) is 5.10 Å². The minimum absolute atomic E-state index is 0.262. The van der Waals surface area contributed by atoms with Gasteiger partial charge in [0.2, 0.25) is 11.9 Å². The van der Waals surface area contributed by atoms with Gasteiger partial charge in [0.05, 0.1) is 11.9 Å². The van der Waals surface area contributed by atoms with E-state index in [4.69, 9.17) is 9.97 Å². The molecular formula is C26H27N9. The number of aromatic nitrogens is 7. The van der Waals surface area contributed by atoms with Gasteiger partial charge in [-0.15, -0.1) is 0 Å². The third-order valence-electron chi connectivity index (χ3n) is 6.73. The van der Waals surface area contributed by atoms with Crippen molar-refractivity contribution in [1.29, 1.82) is 0 Å². The molecular weight excluding hydrogens is 438 g/mol. The first-order valence-corrected chi connectivity index (χ1v) is 11.9. The normalized spacial score (nSPS) is 15.0. The molecule has 5 aromatic rings. The van der Waals surface area contributed by atoms with Crippen LogP contribution in [0, 0.1) is 0 Å². The molecule has 4 aromatic heterocycles. The summed E-state index contributed by atoms with van der Waals surface area (Å²) in [6, 6.07) is 14.6. The smallest absolute Gasteiger partial charge is 0.225 e. The van der Waals surface area contributed by atoms with Crippen molar-refractivity contribution in [3.05, 3.63) is 84.7 Å².